The SMILES string of the molecule is C/C=C/CC(C)(CCC[C@@H](C)C[C@@]1(C)C[C@@H](O)[C@H](O)C(C)(C)[C@@H]1CC)C(=O)O. The lowest BCUT2D eigenvalue weighted by molar-refractivity contribution is -0.165. The Kier molecular flexibility index (Phi) is 8.77. The number of carboxylic acids is 1. The van der Waals surface area contributed by atoms with Gasteiger partial charge in [-0.25, -0.2) is 0 Å². The molecule has 0 spiro atoms. The Balaban J connectivity index is 2.75. The van der Waals surface area contributed by atoms with Crippen molar-refractivity contribution in [3.05, 3.63) is 12.2 Å². The number of aliphatic carboxylic acids is 1. The molecule has 0 aromatic heterocycles. The zero-order valence-corrected chi connectivity index (χ0v) is 19.2. The Morgan fingerprint density at radius 3 is 2.39 bits per heavy atom. The number of hydrogen-bond acceptors (Lipinski definition) is 3. The Morgan fingerprint density at radius 1 is 1.29 bits per heavy atom. The molecule has 1 saturated carbocycles. The second-order valence-electron chi connectivity index (χ2n) is 10.5. The van der Waals surface area contributed by atoms with Crippen LogP contribution in [0.3, 0.4) is 0 Å². The zero-order valence-electron chi connectivity index (χ0n) is 19.2. The molecule has 0 heterocycles. The largest absolute Gasteiger partial charge is 0.481 e. The quantitative estimate of drug-likeness (QED) is 0.431. The van der Waals surface area contributed by atoms with Gasteiger partial charge in [-0.05, 0) is 62.2 Å². The molecule has 1 aliphatic carbocycles. The third-order valence-electron chi connectivity index (χ3n) is 7.51. The molecule has 3 N–H and O–H groups in total. The molecule has 0 amide bonds. The molecular formula is C24H44O4. The van der Waals surface area contributed by atoms with Gasteiger partial charge < -0.3 is 15.3 Å². The van der Waals surface area contributed by atoms with Gasteiger partial charge in [0.2, 0.25) is 0 Å². The standard InChI is InChI=1S/C24H44O4/c1-8-10-13-23(6,21(27)28)14-11-12-17(3)15-24(7)16-18(25)20(26)22(4,5)19(24)9-2/h8,10,17-20,25-26H,9,11-16H2,1-7H3,(H,27,28)/b10-8+/t17-,18-,19+,20+,23?,24+/m1/s1. The topological polar surface area (TPSA) is 77.8 Å². The van der Waals surface area contributed by atoms with Crippen molar-refractivity contribution in [3.8, 4) is 0 Å². The van der Waals surface area contributed by atoms with Crippen molar-refractivity contribution in [2.45, 2.75) is 106 Å². The minimum absolute atomic E-state index is 0.0165. The average Bonchev–Trinajstić information content (AvgIpc) is 2.57. The van der Waals surface area contributed by atoms with Gasteiger partial charge in [-0.2, -0.15) is 0 Å². The van der Waals surface area contributed by atoms with E-state index in [-0.39, 0.29) is 10.8 Å². The predicted octanol–water partition coefficient (Wildman–Crippen LogP) is 5.42. The first kappa shape index (κ1) is 25.2. The number of carbonyl (C=O) groups is 1. The van der Waals surface area contributed by atoms with Crippen molar-refractivity contribution in [1.29, 1.82) is 0 Å². The molecule has 0 aromatic rings. The molecule has 0 aliphatic heterocycles. The lowest BCUT2D eigenvalue weighted by Crippen LogP contribution is -2.56. The number of aliphatic hydroxyl groups excluding tert-OH is 2. The number of allylic oxidation sites excluding steroid dienone is 2. The smallest absolute Gasteiger partial charge is 0.309 e. The maximum Gasteiger partial charge on any atom is 0.309 e. The maximum atomic E-state index is 11.7. The number of aliphatic hydroxyl groups is 2. The molecule has 0 saturated heterocycles. The normalized spacial score (nSPS) is 33.5. The van der Waals surface area contributed by atoms with Gasteiger partial charge in [-0.1, -0.05) is 66.0 Å². The van der Waals surface area contributed by atoms with Crippen LogP contribution in [0.5, 0.6) is 0 Å². The summed E-state index contributed by atoms with van der Waals surface area (Å²) in [6, 6.07) is 0. The Bertz CT molecular complexity index is 541. The van der Waals surface area contributed by atoms with Gasteiger partial charge in [0.25, 0.3) is 0 Å². The Hall–Kier alpha value is -0.870. The molecule has 6 atom stereocenters. The Labute approximate surface area is 172 Å². The Morgan fingerprint density at radius 2 is 1.89 bits per heavy atom. The highest BCUT2D eigenvalue weighted by Crippen LogP contribution is 2.55. The van der Waals surface area contributed by atoms with Gasteiger partial charge >= 0.3 is 5.97 Å². The highest BCUT2D eigenvalue weighted by atomic mass is 16.4. The van der Waals surface area contributed by atoms with E-state index < -0.39 is 23.6 Å². The average molecular weight is 397 g/mol. The van der Waals surface area contributed by atoms with Crippen LogP contribution in [0.1, 0.15) is 93.4 Å². The molecule has 164 valence electrons. The minimum atomic E-state index is -0.720. The van der Waals surface area contributed by atoms with Gasteiger partial charge in [0.05, 0.1) is 17.6 Å². The van der Waals surface area contributed by atoms with Gasteiger partial charge in [-0.3, -0.25) is 4.79 Å². The monoisotopic (exact) mass is 396 g/mol. The van der Waals surface area contributed by atoms with Crippen LogP contribution in [0.25, 0.3) is 0 Å². The van der Waals surface area contributed by atoms with E-state index >= 15 is 0 Å². The van der Waals surface area contributed by atoms with Crippen LogP contribution in [0.15, 0.2) is 12.2 Å². The van der Waals surface area contributed by atoms with E-state index in [9.17, 15) is 20.1 Å². The van der Waals surface area contributed by atoms with E-state index in [4.69, 9.17) is 0 Å². The molecular weight excluding hydrogens is 352 g/mol. The van der Waals surface area contributed by atoms with Crippen LogP contribution >= 0.6 is 0 Å². The molecule has 1 fully saturated rings. The second-order valence-corrected chi connectivity index (χ2v) is 10.5. The molecule has 1 aliphatic rings. The van der Waals surface area contributed by atoms with Gasteiger partial charge in [0.1, 0.15) is 0 Å². The van der Waals surface area contributed by atoms with Crippen molar-refractivity contribution in [2.75, 3.05) is 0 Å². The number of hydrogen-bond donors (Lipinski definition) is 3. The van der Waals surface area contributed by atoms with Crippen molar-refractivity contribution in [2.24, 2.45) is 28.1 Å². The summed E-state index contributed by atoms with van der Waals surface area (Å²) in [5.74, 6) is 0.0827. The van der Waals surface area contributed by atoms with Crippen LogP contribution in [0.2, 0.25) is 0 Å². The van der Waals surface area contributed by atoms with E-state index in [0.29, 0.717) is 31.1 Å². The van der Waals surface area contributed by atoms with Crippen molar-refractivity contribution in [3.63, 3.8) is 0 Å². The lowest BCUT2D eigenvalue weighted by Gasteiger charge is -2.55. The summed E-state index contributed by atoms with van der Waals surface area (Å²) in [7, 11) is 0. The second kappa shape index (κ2) is 9.75. The summed E-state index contributed by atoms with van der Waals surface area (Å²) >= 11 is 0. The summed E-state index contributed by atoms with van der Waals surface area (Å²) in [6.45, 7) is 14.6. The van der Waals surface area contributed by atoms with E-state index in [1.807, 2.05) is 26.0 Å². The van der Waals surface area contributed by atoms with E-state index in [2.05, 4.69) is 34.6 Å². The fourth-order valence-corrected chi connectivity index (χ4v) is 5.99. The fourth-order valence-electron chi connectivity index (χ4n) is 5.99. The highest BCUT2D eigenvalue weighted by Gasteiger charge is 2.53. The van der Waals surface area contributed by atoms with Gasteiger partial charge in [0.15, 0.2) is 0 Å². The molecule has 4 heteroatoms. The molecule has 1 unspecified atom stereocenters. The van der Waals surface area contributed by atoms with Gasteiger partial charge in [0, 0.05) is 0 Å². The molecule has 4 nitrogen and oxygen atoms in total. The van der Waals surface area contributed by atoms with Crippen molar-refractivity contribution < 1.29 is 20.1 Å². The summed E-state index contributed by atoms with van der Waals surface area (Å²) in [5, 5.41) is 30.6. The van der Waals surface area contributed by atoms with Crippen LogP contribution in [0.4, 0.5) is 0 Å². The first-order valence-corrected chi connectivity index (χ1v) is 11.0. The molecule has 0 bridgehead atoms. The minimum Gasteiger partial charge on any atom is -0.481 e. The first-order valence-electron chi connectivity index (χ1n) is 11.0. The number of rotatable bonds is 10. The summed E-state index contributed by atoms with van der Waals surface area (Å²) in [5.41, 5.74) is -1.03. The lowest BCUT2D eigenvalue weighted by atomic mass is 9.51. The summed E-state index contributed by atoms with van der Waals surface area (Å²) in [6.07, 6.45) is 8.26. The van der Waals surface area contributed by atoms with Crippen molar-refractivity contribution >= 4 is 5.97 Å². The van der Waals surface area contributed by atoms with Gasteiger partial charge in [-0.15, -0.1) is 0 Å². The van der Waals surface area contributed by atoms with E-state index in [1.165, 1.54) is 0 Å². The van der Waals surface area contributed by atoms with Crippen LogP contribution in [-0.4, -0.2) is 33.5 Å². The molecule has 0 aromatic carbocycles. The fraction of sp³-hybridized carbons (Fsp3) is 0.875. The zero-order chi connectivity index (χ0) is 21.8. The third kappa shape index (κ3) is 5.60. The van der Waals surface area contributed by atoms with E-state index in [1.54, 1.807) is 0 Å². The molecule has 1 rings (SSSR count). The first-order chi connectivity index (χ1) is 12.8. The number of carboxylic acid groups (broad SMARTS) is 1. The highest BCUT2D eigenvalue weighted by molar-refractivity contribution is 5.74. The summed E-state index contributed by atoms with van der Waals surface area (Å²) in [4.78, 5) is 11.7. The maximum absolute atomic E-state index is 11.7. The van der Waals surface area contributed by atoms with Crippen LogP contribution in [-0.2, 0) is 4.79 Å². The predicted molar refractivity (Wildman–Crippen MR) is 115 cm³/mol. The third-order valence-corrected chi connectivity index (χ3v) is 7.51. The van der Waals surface area contributed by atoms with Crippen LogP contribution < -0.4 is 0 Å². The van der Waals surface area contributed by atoms with Crippen molar-refractivity contribution in [1.82, 2.24) is 0 Å². The molecule has 28 heavy (non-hydrogen) atoms. The summed E-state index contributed by atoms with van der Waals surface area (Å²) < 4.78 is 0. The molecule has 0 radical (unpaired) electrons. The van der Waals surface area contributed by atoms with Crippen LogP contribution in [0, 0.1) is 28.1 Å². The van der Waals surface area contributed by atoms with E-state index in [0.717, 1.165) is 25.7 Å².